The molecule has 1 aliphatic heterocycles. The summed E-state index contributed by atoms with van der Waals surface area (Å²) < 4.78 is 24.8. The second kappa shape index (κ2) is 6.22. The van der Waals surface area contributed by atoms with Crippen molar-refractivity contribution in [3.8, 4) is 0 Å². The van der Waals surface area contributed by atoms with Gasteiger partial charge in [0.15, 0.2) is 0 Å². The maximum atomic E-state index is 13.9. The van der Waals surface area contributed by atoms with Crippen LogP contribution < -0.4 is 5.73 Å². The average molecular weight is 269 g/mol. The molecule has 0 aromatic heterocycles. The summed E-state index contributed by atoms with van der Waals surface area (Å²) in [7, 11) is 0. The van der Waals surface area contributed by atoms with E-state index in [2.05, 4.69) is 0 Å². The van der Waals surface area contributed by atoms with Crippen molar-refractivity contribution in [2.24, 2.45) is 5.73 Å². The number of rotatable bonds is 5. The first-order valence-electron chi connectivity index (χ1n) is 5.95. The molecular weight excluding hydrogens is 253 g/mol. The van der Waals surface area contributed by atoms with E-state index in [1.54, 1.807) is 18.2 Å². The summed E-state index contributed by atoms with van der Waals surface area (Å²) in [4.78, 5) is 0.0634. The zero-order valence-electron chi connectivity index (χ0n) is 10.0. The number of ether oxygens (including phenoxy) is 2. The van der Waals surface area contributed by atoms with Gasteiger partial charge in [0.2, 0.25) is 0 Å². The van der Waals surface area contributed by atoms with E-state index < -0.39 is 5.82 Å². The van der Waals surface area contributed by atoms with Gasteiger partial charge in [-0.2, -0.15) is 0 Å². The Morgan fingerprint density at radius 1 is 1.56 bits per heavy atom. The Balaban J connectivity index is 1.92. The van der Waals surface area contributed by atoms with Crippen molar-refractivity contribution in [2.45, 2.75) is 25.6 Å². The smallest absolute Gasteiger partial charge is 0.138 e. The zero-order valence-corrected chi connectivity index (χ0v) is 10.8. The highest BCUT2D eigenvalue weighted by Crippen LogP contribution is 2.16. The van der Waals surface area contributed by atoms with Crippen molar-refractivity contribution in [3.05, 3.63) is 35.1 Å². The first kappa shape index (κ1) is 13.4. The first-order valence-corrected chi connectivity index (χ1v) is 6.36. The molecule has 1 aliphatic rings. The van der Waals surface area contributed by atoms with Crippen LogP contribution in [0.4, 0.5) is 4.39 Å². The fourth-order valence-electron chi connectivity index (χ4n) is 1.96. The van der Waals surface area contributed by atoms with Crippen LogP contribution >= 0.6 is 12.2 Å². The van der Waals surface area contributed by atoms with Gasteiger partial charge < -0.3 is 15.2 Å². The summed E-state index contributed by atoms with van der Waals surface area (Å²) >= 11 is 4.79. The number of hydrogen-bond acceptors (Lipinski definition) is 3. The topological polar surface area (TPSA) is 44.5 Å². The molecule has 1 saturated heterocycles. The predicted molar refractivity (Wildman–Crippen MR) is 70.9 cm³/mol. The quantitative estimate of drug-likeness (QED) is 0.832. The van der Waals surface area contributed by atoms with Crippen LogP contribution in [0, 0.1) is 5.82 Å². The summed E-state index contributed by atoms with van der Waals surface area (Å²) in [5.74, 6) is -0.391. The van der Waals surface area contributed by atoms with Gasteiger partial charge in [-0.3, -0.25) is 0 Å². The van der Waals surface area contributed by atoms with Crippen LogP contribution in [0.15, 0.2) is 18.2 Å². The minimum absolute atomic E-state index is 0.0634. The van der Waals surface area contributed by atoms with E-state index in [-0.39, 0.29) is 23.3 Å². The predicted octanol–water partition coefficient (Wildman–Crippen LogP) is 2.16. The molecule has 2 rings (SSSR count). The first-order chi connectivity index (χ1) is 8.68. The number of thiocarbonyl (C=S) groups is 1. The molecular formula is C13H16FNO2S. The van der Waals surface area contributed by atoms with Crippen LogP contribution in [0.3, 0.4) is 0 Å². The standard InChI is InChI=1S/C13H16FNO2S/c14-12-9(3-1-5-11(12)13(15)18)7-16-8-10-4-2-6-17-10/h1,3,5,10H,2,4,6-8H2,(H2,15,18). The molecule has 3 nitrogen and oxygen atoms in total. The Morgan fingerprint density at radius 3 is 3.06 bits per heavy atom. The largest absolute Gasteiger partial charge is 0.389 e. The van der Waals surface area contributed by atoms with Gasteiger partial charge in [0.05, 0.1) is 19.3 Å². The van der Waals surface area contributed by atoms with E-state index in [0.717, 1.165) is 19.4 Å². The average Bonchev–Trinajstić information content (AvgIpc) is 2.84. The maximum Gasteiger partial charge on any atom is 0.138 e. The molecule has 1 unspecified atom stereocenters. The number of hydrogen-bond donors (Lipinski definition) is 1. The summed E-state index contributed by atoms with van der Waals surface area (Å²) in [6.45, 7) is 1.50. The second-order valence-electron chi connectivity index (χ2n) is 4.29. The minimum Gasteiger partial charge on any atom is -0.389 e. The van der Waals surface area contributed by atoms with Gasteiger partial charge in [-0.05, 0) is 18.9 Å². The van der Waals surface area contributed by atoms with Gasteiger partial charge in [0.25, 0.3) is 0 Å². The molecule has 1 atom stereocenters. The Bertz CT molecular complexity index is 433. The van der Waals surface area contributed by atoms with Crippen molar-refractivity contribution in [3.63, 3.8) is 0 Å². The van der Waals surface area contributed by atoms with Crippen molar-refractivity contribution < 1.29 is 13.9 Å². The van der Waals surface area contributed by atoms with E-state index in [1.165, 1.54) is 0 Å². The SMILES string of the molecule is NC(=S)c1cccc(COCC2CCCO2)c1F. The number of benzene rings is 1. The Labute approximate surface area is 111 Å². The third-order valence-electron chi connectivity index (χ3n) is 2.93. The van der Waals surface area contributed by atoms with Crippen molar-refractivity contribution in [1.82, 2.24) is 0 Å². The summed E-state index contributed by atoms with van der Waals surface area (Å²) in [6.07, 6.45) is 2.22. The lowest BCUT2D eigenvalue weighted by molar-refractivity contribution is 0.00982. The van der Waals surface area contributed by atoms with Gasteiger partial charge in [0.1, 0.15) is 10.8 Å². The molecule has 5 heteroatoms. The Hall–Kier alpha value is -1.04. The van der Waals surface area contributed by atoms with Gasteiger partial charge in [-0.1, -0.05) is 24.4 Å². The van der Waals surface area contributed by atoms with Crippen LogP contribution in [0.25, 0.3) is 0 Å². The lowest BCUT2D eigenvalue weighted by Gasteiger charge is -2.11. The molecule has 0 amide bonds. The number of nitrogens with two attached hydrogens (primary N) is 1. The van der Waals surface area contributed by atoms with E-state index in [0.29, 0.717) is 12.2 Å². The fraction of sp³-hybridized carbons (Fsp3) is 0.462. The summed E-state index contributed by atoms with van der Waals surface area (Å²) in [5, 5.41) is 0. The van der Waals surface area contributed by atoms with Gasteiger partial charge in [-0.15, -0.1) is 0 Å². The molecule has 1 aromatic rings. The van der Waals surface area contributed by atoms with E-state index in [9.17, 15) is 4.39 Å². The highest BCUT2D eigenvalue weighted by atomic mass is 32.1. The van der Waals surface area contributed by atoms with Crippen LogP contribution in [0.5, 0.6) is 0 Å². The fourth-order valence-corrected chi connectivity index (χ4v) is 2.12. The zero-order chi connectivity index (χ0) is 13.0. The molecule has 0 aliphatic carbocycles. The molecule has 0 spiro atoms. The Morgan fingerprint density at radius 2 is 2.39 bits per heavy atom. The molecule has 1 heterocycles. The molecule has 0 saturated carbocycles. The second-order valence-corrected chi connectivity index (χ2v) is 4.73. The van der Waals surface area contributed by atoms with Crippen molar-refractivity contribution >= 4 is 17.2 Å². The highest BCUT2D eigenvalue weighted by Gasteiger charge is 2.16. The van der Waals surface area contributed by atoms with Crippen molar-refractivity contribution in [1.29, 1.82) is 0 Å². The van der Waals surface area contributed by atoms with E-state index in [1.807, 2.05) is 0 Å². The van der Waals surface area contributed by atoms with E-state index in [4.69, 9.17) is 27.4 Å². The lowest BCUT2D eigenvalue weighted by atomic mass is 10.1. The van der Waals surface area contributed by atoms with Gasteiger partial charge in [-0.25, -0.2) is 4.39 Å². The molecule has 0 radical (unpaired) electrons. The van der Waals surface area contributed by atoms with Crippen LogP contribution in [0.1, 0.15) is 24.0 Å². The molecule has 1 fully saturated rings. The summed E-state index contributed by atoms with van der Waals surface area (Å²) in [5.41, 5.74) is 6.18. The monoisotopic (exact) mass is 269 g/mol. The summed E-state index contributed by atoms with van der Waals surface area (Å²) in [6, 6.07) is 4.97. The highest BCUT2D eigenvalue weighted by molar-refractivity contribution is 7.80. The minimum atomic E-state index is -0.391. The molecule has 2 N–H and O–H groups in total. The van der Waals surface area contributed by atoms with Crippen LogP contribution in [-0.4, -0.2) is 24.3 Å². The molecule has 0 bridgehead atoms. The third-order valence-corrected chi connectivity index (χ3v) is 3.15. The van der Waals surface area contributed by atoms with E-state index >= 15 is 0 Å². The molecule has 1 aromatic carbocycles. The molecule has 98 valence electrons. The third kappa shape index (κ3) is 3.25. The molecule has 18 heavy (non-hydrogen) atoms. The Kier molecular flexibility index (Phi) is 4.63. The number of halogens is 1. The van der Waals surface area contributed by atoms with Crippen molar-refractivity contribution in [2.75, 3.05) is 13.2 Å². The lowest BCUT2D eigenvalue weighted by Crippen LogP contribution is -2.16. The normalized spacial score (nSPS) is 19.1. The van der Waals surface area contributed by atoms with Gasteiger partial charge in [0, 0.05) is 17.7 Å². The maximum absolute atomic E-state index is 13.9. The van der Waals surface area contributed by atoms with Crippen LogP contribution in [0.2, 0.25) is 0 Å². The van der Waals surface area contributed by atoms with Crippen LogP contribution in [-0.2, 0) is 16.1 Å². The van der Waals surface area contributed by atoms with Gasteiger partial charge >= 0.3 is 0 Å².